The topological polar surface area (TPSA) is 42.8 Å². The maximum Gasteiger partial charge on any atom is 2.00 e. The minimum atomic E-state index is 0. The summed E-state index contributed by atoms with van der Waals surface area (Å²) in [6, 6.07) is 61.3. The summed E-state index contributed by atoms with van der Waals surface area (Å²) in [5.74, 6) is 1.46. The smallest absolute Gasteiger partial charge is 0.455 e. The summed E-state index contributed by atoms with van der Waals surface area (Å²) in [6.45, 7) is 0. The molecule has 0 unspecified atom stereocenters. The molecule has 4 nitrogen and oxygen atoms in total. The van der Waals surface area contributed by atoms with Crippen LogP contribution in [0, 0.1) is 43.2 Å². The Kier molecular flexibility index (Phi) is 8.32. The Morgan fingerprint density at radius 2 is 1.25 bits per heavy atom. The molecule has 0 saturated heterocycles. The van der Waals surface area contributed by atoms with Crippen LogP contribution in [0.5, 0.6) is 0 Å². The summed E-state index contributed by atoms with van der Waals surface area (Å²) >= 11 is 0. The van der Waals surface area contributed by atoms with Gasteiger partial charge in [-0.05, 0) is 53.6 Å². The quantitative estimate of drug-likeness (QED) is 0.159. The van der Waals surface area contributed by atoms with Gasteiger partial charge in [0.2, 0.25) is 0 Å². The second kappa shape index (κ2) is 13.4. The van der Waals surface area contributed by atoms with E-state index in [1.165, 1.54) is 5.56 Å². The van der Waals surface area contributed by atoms with E-state index in [1.54, 1.807) is 0 Å². The molecule has 0 aliphatic carbocycles. The van der Waals surface area contributed by atoms with E-state index in [1.807, 2.05) is 36.4 Å². The number of allylic oxidation sites excluding steroid dienone is 1. The number of rotatable bonds is 5. The van der Waals surface area contributed by atoms with Gasteiger partial charge >= 0.3 is 31.1 Å². The zero-order valence-corrected chi connectivity index (χ0v) is 32.2. The van der Waals surface area contributed by atoms with Crippen LogP contribution in [0.4, 0.5) is 0 Å². The van der Waals surface area contributed by atoms with Crippen LogP contribution in [0.1, 0.15) is 17.5 Å². The van der Waals surface area contributed by atoms with E-state index in [0.717, 1.165) is 83.1 Å². The van der Waals surface area contributed by atoms with Gasteiger partial charge in [0.1, 0.15) is 17.0 Å². The van der Waals surface area contributed by atoms with Crippen molar-refractivity contribution in [3.05, 3.63) is 187 Å². The predicted molar refractivity (Wildman–Crippen MR) is 210 cm³/mol. The average molecular weight is 890 g/mol. The van der Waals surface area contributed by atoms with Crippen molar-refractivity contribution >= 4 is 61.1 Å². The van der Waals surface area contributed by atoms with Crippen LogP contribution in [0.3, 0.4) is 0 Å². The summed E-state index contributed by atoms with van der Waals surface area (Å²) < 4.78 is 8.82. The zero-order chi connectivity index (χ0) is 33.7. The Morgan fingerprint density at radius 1 is 0.538 bits per heavy atom. The monoisotopic (exact) mass is 889 g/mol. The van der Waals surface area contributed by atoms with Crippen LogP contribution < -0.4 is 0 Å². The van der Waals surface area contributed by atoms with Crippen molar-refractivity contribution < 1.29 is 35.5 Å². The Bertz CT molecular complexity index is 2860. The molecular formula is C47H29N3OU. The van der Waals surface area contributed by atoms with E-state index >= 15 is 0 Å². The van der Waals surface area contributed by atoms with Crippen LogP contribution in [0.15, 0.2) is 178 Å². The average Bonchev–Trinajstić information content (AvgIpc) is 3.66. The minimum Gasteiger partial charge on any atom is -0.455 e. The predicted octanol–water partition coefficient (Wildman–Crippen LogP) is 11.8. The number of hydrogen-bond acceptors (Lipinski definition) is 3. The van der Waals surface area contributed by atoms with Gasteiger partial charge in [0, 0.05) is 21.7 Å². The fraction of sp³-hybridized carbons (Fsp3) is 0.0213. The first-order valence-electron chi connectivity index (χ1n) is 17.1. The van der Waals surface area contributed by atoms with Gasteiger partial charge in [-0.2, -0.15) is 42.0 Å². The van der Waals surface area contributed by atoms with Crippen LogP contribution in [-0.2, 0) is 0 Å². The van der Waals surface area contributed by atoms with Gasteiger partial charge < -0.3 is 4.42 Å². The SMILES string of the molecule is [U+2].[c-]1ccccc1-c1[c-]c(C2=NC(c3ccc(-c4ccccc4)cc3)=NC(n3c4ccccc4c4c5oc6ccccc6c5ccc43)=CC2)ccc1. The molecule has 3 heterocycles. The summed E-state index contributed by atoms with van der Waals surface area (Å²) in [7, 11) is 0. The molecule has 0 bridgehead atoms. The summed E-state index contributed by atoms with van der Waals surface area (Å²) in [6.07, 6.45) is 2.76. The summed E-state index contributed by atoms with van der Waals surface area (Å²) in [4.78, 5) is 10.7. The van der Waals surface area contributed by atoms with Crippen LogP contribution in [0.2, 0.25) is 0 Å². The molecule has 2 aromatic heterocycles. The number of fused-ring (bicyclic) bond motifs is 7. The molecule has 0 fully saturated rings. The van der Waals surface area contributed by atoms with Gasteiger partial charge in [0.15, 0.2) is 5.84 Å². The molecular weight excluding hydrogens is 861 g/mol. The summed E-state index contributed by atoms with van der Waals surface area (Å²) in [5, 5.41) is 4.42. The number of hydrogen-bond donors (Lipinski definition) is 0. The van der Waals surface area contributed by atoms with Gasteiger partial charge in [0.25, 0.3) is 0 Å². The standard InChI is InChI=1S/C47H29N3O.U/c1-3-12-31(13-4-1)33-22-24-34(25-23-33)47-48-40(36-17-11-16-35(30-36)32-14-5-2-6-15-32)27-29-44(49-47)50-41-20-9-7-19-39(41)45-42(50)28-26-38-37-18-8-10-21-43(37)51-46(38)45;/h1-14,16-26,28-29H,27H2;/q-2;+2. The molecule has 0 N–H and O–H groups in total. The molecule has 242 valence electrons. The Labute approximate surface area is 324 Å². The number of amidine groups is 1. The van der Waals surface area contributed by atoms with Crippen LogP contribution in [0.25, 0.3) is 71.8 Å². The van der Waals surface area contributed by atoms with E-state index in [9.17, 15) is 0 Å². The third-order valence-corrected chi connectivity index (χ3v) is 9.70. The molecule has 9 aromatic rings. The first-order chi connectivity index (χ1) is 25.3. The van der Waals surface area contributed by atoms with E-state index in [-0.39, 0.29) is 31.1 Å². The third-order valence-electron chi connectivity index (χ3n) is 9.70. The summed E-state index contributed by atoms with van der Waals surface area (Å²) in [5.41, 5.74) is 10.9. The van der Waals surface area contributed by atoms with E-state index in [4.69, 9.17) is 14.4 Å². The first kappa shape index (κ1) is 32.2. The third kappa shape index (κ3) is 5.54. The van der Waals surface area contributed by atoms with Gasteiger partial charge in [-0.25, -0.2) is 10.6 Å². The molecule has 5 heteroatoms. The van der Waals surface area contributed by atoms with Crippen LogP contribution in [-0.4, -0.2) is 16.1 Å². The van der Waals surface area contributed by atoms with Crippen molar-refractivity contribution in [3.8, 4) is 22.3 Å². The number of aromatic nitrogens is 1. The Balaban J connectivity index is 0.00000360. The molecule has 52 heavy (non-hydrogen) atoms. The zero-order valence-electron chi connectivity index (χ0n) is 28.0. The normalized spacial score (nSPS) is 13.1. The van der Waals surface area contributed by atoms with Gasteiger partial charge in [-0.3, -0.25) is 9.56 Å². The van der Waals surface area contributed by atoms with Crippen molar-refractivity contribution in [1.82, 2.24) is 4.57 Å². The first-order valence-corrected chi connectivity index (χ1v) is 17.1. The number of benzene rings is 7. The molecule has 0 radical (unpaired) electrons. The molecule has 1 aliphatic heterocycles. The number of furan rings is 1. The second-order valence-corrected chi connectivity index (χ2v) is 12.7. The Hall–Kier alpha value is -5.73. The van der Waals surface area contributed by atoms with Gasteiger partial charge in [-0.15, -0.1) is 23.8 Å². The van der Waals surface area contributed by atoms with Gasteiger partial charge in [-0.1, -0.05) is 91.0 Å². The van der Waals surface area contributed by atoms with Crippen molar-refractivity contribution in [1.29, 1.82) is 0 Å². The number of para-hydroxylation sites is 2. The fourth-order valence-electron chi connectivity index (χ4n) is 7.26. The maximum absolute atomic E-state index is 6.56. The molecule has 10 rings (SSSR count). The van der Waals surface area contributed by atoms with Crippen molar-refractivity contribution in [2.24, 2.45) is 9.98 Å². The van der Waals surface area contributed by atoms with E-state index < -0.39 is 0 Å². The van der Waals surface area contributed by atoms with Crippen molar-refractivity contribution in [2.45, 2.75) is 6.42 Å². The Morgan fingerprint density at radius 3 is 2.10 bits per heavy atom. The molecule has 0 spiro atoms. The largest absolute Gasteiger partial charge is 2.00 e. The van der Waals surface area contributed by atoms with Crippen molar-refractivity contribution in [3.63, 3.8) is 0 Å². The number of aliphatic imine (C=N–C) groups is 2. The number of nitrogens with zero attached hydrogens (tertiary/aromatic N) is 3. The van der Waals surface area contributed by atoms with Crippen LogP contribution >= 0.6 is 0 Å². The molecule has 7 aromatic carbocycles. The van der Waals surface area contributed by atoms with Crippen molar-refractivity contribution in [2.75, 3.05) is 0 Å². The molecule has 0 amide bonds. The second-order valence-electron chi connectivity index (χ2n) is 12.7. The molecule has 0 saturated carbocycles. The fourth-order valence-corrected chi connectivity index (χ4v) is 7.26. The molecule has 0 atom stereocenters. The van der Waals surface area contributed by atoms with E-state index in [0.29, 0.717) is 12.3 Å². The van der Waals surface area contributed by atoms with E-state index in [2.05, 4.69) is 144 Å². The minimum absolute atomic E-state index is 0. The molecule has 1 aliphatic rings. The maximum atomic E-state index is 6.56. The van der Waals surface area contributed by atoms with Gasteiger partial charge in [0.05, 0.1) is 16.4 Å².